The van der Waals surface area contributed by atoms with Crippen molar-refractivity contribution in [2.24, 2.45) is 0 Å². The Morgan fingerprint density at radius 2 is 2.00 bits per heavy atom. The molecule has 1 aliphatic rings. The van der Waals surface area contributed by atoms with E-state index < -0.39 is 16.0 Å². The zero-order valence-corrected chi connectivity index (χ0v) is 14.2. The Hall–Kier alpha value is -2.09. The molecule has 2 rings (SSSR count). The molecule has 0 atom stereocenters. The van der Waals surface area contributed by atoms with Crippen molar-refractivity contribution >= 4 is 27.6 Å². The van der Waals surface area contributed by atoms with E-state index in [1.165, 1.54) is 4.31 Å². The molecule has 0 spiro atoms. The predicted molar refractivity (Wildman–Crippen MR) is 90.6 cm³/mol. The Morgan fingerprint density at radius 1 is 1.21 bits per heavy atom. The molecular weight excluding hydrogens is 332 g/mol. The van der Waals surface area contributed by atoms with Crippen LogP contribution in [0.5, 0.6) is 0 Å². The highest BCUT2D eigenvalue weighted by Crippen LogP contribution is 2.24. The van der Waals surface area contributed by atoms with Gasteiger partial charge in [-0.05, 0) is 37.5 Å². The normalized spacial score (nSPS) is 16.1. The first-order valence-corrected chi connectivity index (χ1v) is 9.61. The van der Waals surface area contributed by atoms with Crippen LogP contribution in [0.3, 0.4) is 0 Å². The lowest BCUT2D eigenvalue weighted by Gasteiger charge is -2.17. The van der Waals surface area contributed by atoms with E-state index in [2.05, 4.69) is 5.32 Å². The van der Waals surface area contributed by atoms with Crippen LogP contribution in [0.4, 0.5) is 5.69 Å². The average Bonchev–Trinajstić information content (AvgIpc) is 2.89. The minimum Gasteiger partial charge on any atom is -0.481 e. The maximum absolute atomic E-state index is 12.1. The number of carbonyl (C=O) groups excluding carboxylic acids is 1. The summed E-state index contributed by atoms with van der Waals surface area (Å²) in [5.41, 5.74) is 0.932. The fourth-order valence-electron chi connectivity index (χ4n) is 2.61. The zero-order valence-electron chi connectivity index (χ0n) is 13.4. The molecule has 7 nitrogen and oxygen atoms in total. The molecule has 24 heavy (non-hydrogen) atoms. The number of nitrogens with zero attached hydrogens (tertiary/aromatic N) is 1. The first kappa shape index (κ1) is 18.3. The quantitative estimate of drug-likeness (QED) is 0.690. The Balaban J connectivity index is 1.87. The van der Waals surface area contributed by atoms with Crippen LogP contribution in [0.25, 0.3) is 0 Å². The van der Waals surface area contributed by atoms with Gasteiger partial charge in [-0.3, -0.25) is 13.9 Å². The zero-order chi connectivity index (χ0) is 17.6. The number of benzene rings is 1. The number of nitrogens with one attached hydrogen (secondary N) is 1. The van der Waals surface area contributed by atoms with Gasteiger partial charge < -0.3 is 10.4 Å². The molecule has 1 aliphatic heterocycles. The van der Waals surface area contributed by atoms with Gasteiger partial charge in [-0.25, -0.2) is 8.42 Å². The molecule has 0 aromatic heterocycles. The summed E-state index contributed by atoms with van der Waals surface area (Å²) in [5, 5.41) is 11.3. The van der Waals surface area contributed by atoms with E-state index >= 15 is 0 Å². The molecule has 0 saturated carbocycles. The standard InChI is InChI=1S/C16H22N2O5S/c19-15(20)8-2-1-3-9-17-16(21)13-6-4-7-14(12-13)18-10-5-11-24(18,22)23/h4,6-7,12H,1-3,5,8-11H2,(H,17,21)(H,19,20). The molecule has 1 aromatic carbocycles. The van der Waals surface area contributed by atoms with E-state index in [0.29, 0.717) is 43.6 Å². The van der Waals surface area contributed by atoms with Gasteiger partial charge in [-0.1, -0.05) is 12.5 Å². The highest BCUT2D eigenvalue weighted by Gasteiger charge is 2.28. The van der Waals surface area contributed by atoms with Gasteiger partial charge in [0.1, 0.15) is 0 Å². The van der Waals surface area contributed by atoms with Gasteiger partial charge in [0.05, 0.1) is 11.4 Å². The van der Waals surface area contributed by atoms with Gasteiger partial charge in [-0.15, -0.1) is 0 Å². The van der Waals surface area contributed by atoms with Gasteiger partial charge in [0.15, 0.2) is 0 Å². The topological polar surface area (TPSA) is 104 Å². The van der Waals surface area contributed by atoms with Crippen molar-refractivity contribution in [3.63, 3.8) is 0 Å². The van der Waals surface area contributed by atoms with Crippen LogP contribution >= 0.6 is 0 Å². The molecule has 2 N–H and O–H groups in total. The van der Waals surface area contributed by atoms with Crippen LogP contribution in [0.15, 0.2) is 24.3 Å². The number of rotatable bonds is 8. The summed E-state index contributed by atoms with van der Waals surface area (Å²) < 4.78 is 25.2. The molecule has 1 heterocycles. The number of carboxylic acids is 1. The molecule has 8 heteroatoms. The van der Waals surface area contributed by atoms with E-state index in [1.54, 1.807) is 24.3 Å². The summed E-state index contributed by atoms with van der Waals surface area (Å²) in [6.07, 6.45) is 2.76. The molecule has 0 radical (unpaired) electrons. The number of carboxylic acid groups (broad SMARTS) is 1. The number of sulfonamides is 1. The summed E-state index contributed by atoms with van der Waals surface area (Å²) in [5.74, 6) is -0.931. The van der Waals surface area contributed by atoms with Crippen molar-refractivity contribution in [1.82, 2.24) is 5.32 Å². The van der Waals surface area contributed by atoms with Gasteiger partial charge in [-0.2, -0.15) is 0 Å². The van der Waals surface area contributed by atoms with Crippen molar-refractivity contribution in [3.05, 3.63) is 29.8 Å². The van der Waals surface area contributed by atoms with Crippen molar-refractivity contribution in [2.75, 3.05) is 23.1 Å². The Labute approximate surface area is 141 Å². The molecule has 0 unspecified atom stereocenters. The summed E-state index contributed by atoms with van der Waals surface area (Å²) in [6.45, 7) is 0.904. The van der Waals surface area contributed by atoms with Crippen LogP contribution < -0.4 is 9.62 Å². The highest BCUT2D eigenvalue weighted by atomic mass is 32.2. The molecule has 0 aliphatic carbocycles. The number of carbonyl (C=O) groups is 2. The summed E-state index contributed by atoms with van der Waals surface area (Å²) >= 11 is 0. The second-order valence-corrected chi connectivity index (χ2v) is 7.77. The lowest BCUT2D eigenvalue weighted by Crippen LogP contribution is -2.27. The Kier molecular flexibility index (Phi) is 6.19. The summed E-state index contributed by atoms with van der Waals surface area (Å²) in [4.78, 5) is 22.5. The van der Waals surface area contributed by atoms with Gasteiger partial charge in [0.25, 0.3) is 5.91 Å². The second kappa shape index (κ2) is 8.14. The van der Waals surface area contributed by atoms with E-state index in [-0.39, 0.29) is 18.1 Å². The molecule has 132 valence electrons. The number of aliphatic carboxylic acids is 1. The molecular formula is C16H22N2O5S. The third-order valence-corrected chi connectivity index (χ3v) is 5.72. The van der Waals surface area contributed by atoms with Crippen molar-refractivity contribution in [3.8, 4) is 0 Å². The van der Waals surface area contributed by atoms with Gasteiger partial charge in [0, 0.05) is 25.1 Å². The van der Waals surface area contributed by atoms with Crippen LogP contribution in [0.2, 0.25) is 0 Å². The molecule has 0 bridgehead atoms. The van der Waals surface area contributed by atoms with Crippen LogP contribution in [0, 0.1) is 0 Å². The maximum Gasteiger partial charge on any atom is 0.303 e. The highest BCUT2D eigenvalue weighted by molar-refractivity contribution is 7.93. The Morgan fingerprint density at radius 3 is 2.67 bits per heavy atom. The first-order chi connectivity index (χ1) is 11.4. The summed E-state index contributed by atoms with van der Waals surface area (Å²) in [7, 11) is -3.26. The number of hydrogen-bond donors (Lipinski definition) is 2. The molecule has 1 saturated heterocycles. The summed E-state index contributed by atoms with van der Waals surface area (Å²) in [6, 6.07) is 6.59. The third kappa shape index (κ3) is 4.95. The van der Waals surface area contributed by atoms with E-state index in [1.807, 2.05) is 0 Å². The lowest BCUT2D eigenvalue weighted by atomic mass is 10.1. The smallest absolute Gasteiger partial charge is 0.303 e. The Bertz CT molecular complexity index is 702. The third-order valence-electron chi connectivity index (χ3n) is 3.85. The SMILES string of the molecule is O=C(O)CCCCCNC(=O)c1cccc(N2CCCS2(=O)=O)c1. The van der Waals surface area contributed by atoms with Crippen molar-refractivity contribution in [1.29, 1.82) is 0 Å². The monoisotopic (exact) mass is 354 g/mol. The largest absolute Gasteiger partial charge is 0.481 e. The molecule has 1 aromatic rings. The average molecular weight is 354 g/mol. The van der Waals surface area contributed by atoms with Crippen molar-refractivity contribution < 1.29 is 23.1 Å². The lowest BCUT2D eigenvalue weighted by molar-refractivity contribution is -0.137. The number of hydrogen-bond acceptors (Lipinski definition) is 4. The van der Waals surface area contributed by atoms with Crippen LogP contribution in [-0.4, -0.2) is 44.2 Å². The van der Waals surface area contributed by atoms with Gasteiger partial charge >= 0.3 is 5.97 Å². The fourth-order valence-corrected chi connectivity index (χ4v) is 4.17. The van der Waals surface area contributed by atoms with Crippen LogP contribution in [0.1, 0.15) is 42.5 Å². The second-order valence-electron chi connectivity index (χ2n) is 5.75. The fraction of sp³-hybridized carbons (Fsp3) is 0.500. The van der Waals surface area contributed by atoms with Crippen LogP contribution in [-0.2, 0) is 14.8 Å². The minimum absolute atomic E-state index is 0.139. The minimum atomic E-state index is -3.26. The first-order valence-electron chi connectivity index (χ1n) is 8.00. The van der Waals surface area contributed by atoms with E-state index in [0.717, 1.165) is 6.42 Å². The molecule has 1 amide bonds. The predicted octanol–water partition coefficient (Wildman–Crippen LogP) is 1.60. The number of anilines is 1. The van der Waals surface area contributed by atoms with Gasteiger partial charge in [0.2, 0.25) is 10.0 Å². The number of amides is 1. The molecule has 1 fully saturated rings. The maximum atomic E-state index is 12.1. The van der Waals surface area contributed by atoms with Crippen molar-refractivity contribution in [2.45, 2.75) is 32.1 Å². The number of unbranched alkanes of at least 4 members (excludes halogenated alkanes) is 2. The van der Waals surface area contributed by atoms with E-state index in [9.17, 15) is 18.0 Å². The van der Waals surface area contributed by atoms with E-state index in [4.69, 9.17) is 5.11 Å².